The molecule has 0 saturated carbocycles. The van der Waals surface area contributed by atoms with E-state index < -0.39 is 0 Å². The summed E-state index contributed by atoms with van der Waals surface area (Å²) in [6.07, 6.45) is 1.63. The average molecular weight is 424 g/mol. The molecular weight excluding hydrogens is 409 g/mol. The number of hydrogen-bond acceptors (Lipinski definition) is 3. The molecule has 1 aromatic heterocycles. The third kappa shape index (κ3) is 3.61. The van der Waals surface area contributed by atoms with E-state index in [1.807, 2.05) is 37.3 Å². The van der Waals surface area contributed by atoms with Crippen LogP contribution in [0.15, 0.2) is 64.1 Å². The minimum Gasteiger partial charge on any atom is -0.506 e. The van der Waals surface area contributed by atoms with E-state index in [1.54, 1.807) is 18.3 Å². The molecule has 2 N–H and O–H groups in total. The number of nitrogens with one attached hydrogen (secondary N) is 1. The highest BCUT2D eigenvalue weighted by atomic mass is 79.9. The van der Waals surface area contributed by atoms with Gasteiger partial charge in [0.2, 0.25) is 0 Å². The molecule has 0 amide bonds. The number of rotatable bonds is 3. The van der Waals surface area contributed by atoms with E-state index in [-0.39, 0.29) is 11.6 Å². The van der Waals surface area contributed by atoms with Crippen molar-refractivity contribution in [2.75, 3.05) is 0 Å². The first-order chi connectivity index (χ1) is 13.0. The topological polar surface area (TPSA) is 61.3 Å². The van der Waals surface area contributed by atoms with Crippen molar-refractivity contribution in [3.8, 4) is 17.1 Å². The summed E-state index contributed by atoms with van der Waals surface area (Å²) in [5.74, 6) is 0.550. The van der Waals surface area contributed by atoms with Gasteiger partial charge in [0, 0.05) is 17.3 Å². The fourth-order valence-electron chi connectivity index (χ4n) is 2.83. The molecule has 27 heavy (non-hydrogen) atoms. The van der Waals surface area contributed by atoms with Gasteiger partial charge in [-0.3, -0.25) is 4.99 Å². The zero-order valence-corrected chi connectivity index (χ0v) is 16.0. The molecule has 6 heteroatoms. The van der Waals surface area contributed by atoms with Crippen LogP contribution < -0.4 is 0 Å². The summed E-state index contributed by atoms with van der Waals surface area (Å²) in [6, 6.07) is 15.5. The van der Waals surface area contributed by atoms with Crippen molar-refractivity contribution in [1.82, 2.24) is 9.97 Å². The number of nitrogens with zero attached hydrogens (tertiary/aromatic N) is 2. The van der Waals surface area contributed by atoms with Gasteiger partial charge in [0.25, 0.3) is 0 Å². The molecule has 0 radical (unpaired) electrons. The summed E-state index contributed by atoms with van der Waals surface area (Å²) in [5, 5.41) is 10.1. The van der Waals surface area contributed by atoms with Gasteiger partial charge < -0.3 is 10.1 Å². The highest BCUT2D eigenvalue weighted by molar-refractivity contribution is 9.10. The summed E-state index contributed by atoms with van der Waals surface area (Å²) >= 11 is 3.34. The molecule has 0 atom stereocenters. The second-order valence-electron chi connectivity index (χ2n) is 6.24. The van der Waals surface area contributed by atoms with Crippen molar-refractivity contribution in [3.05, 3.63) is 76.0 Å². The van der Waals surface area contributed by atoms with Crippen molar-refractivity contribution in [3.63, 3.8) is 0 Å². The van der Waals surface area contributed by atoms with Crippen LogP contribution in [0.1, 0.15) is 11.1 Å². The van der Waals surface area contributed by atoms with Gasteiger partial charge in [-0.1, -0.05) is 0 Å². The van der Waals surface area contributed by atoms with Crippen molar-refractivity contribution < 1.29 is 9.50 Å². The lowest BCUT2D eigenvalue weighted by atomic mass is 10.1. The zero-order valence-electron chi connectivity index (χ0n) is 14.4. The van der Waals surface area contributed by atoms with E-state index in [4.69, 9.17) is 0 Å². The molecule has 1 heterocycles. The number of aryl methyl sites for hydroxylation is 1. The molecule has 134 valence electrons. The average Bonchev–Trinajstić information content (AvgIpc) is 3.07. The molecule has 3 aromatic carbocycles. The van der Waals surface area contributed by atoms with Gasteiger partial charge in [-0.05, 0) is 83.0 Å². The number of aromatic nitrogens is 2. The van der Waals surface area contributed by atoms with Gasteiger partial charge in [-0.25, -0.2) is 9.37 Å². The van der Waals surface area contributed by atoms with Gasteiger partial charge >= 0.3 is 0 Å². The number of benzene rings is 3. The first-order valence-electron chi connectivity index (χ1n) is 8.28. The van der Waals surface area contributed by atoms with Crippen LogP contribution in [0.5, 0.6) is 5.75 Å². The Morgan fingerprint density at radius 2 is 1.89 bits per heavy atom. The standard InChI is InChI=1S/C21H15BrFN3O/c1-12-8-14(20(27)17(22)9-12)11-24-16-6-7-18-19(10-16)26-21(25-18)13-2-4-15(23)5-3-13/h2-11,27H,1H3,(H,25,26). The highest BCUT2D eigenvalue weighted by Gasteiger charge is 2.07. The van der Waals surface area contributed by atoms with Crippen LogP contribution >= 0.6 is 15.9 Å². The molecular formula is C21H15BrFN3O. The van der Waals surface area contributed by atoms with Gasteiger partial charge in [0.05, 0.1) is 21.2 Å². The van der Waals surface area contributed by atoms with Gasteiger partial charge in [-0.15, -0.1) is 0 Å². The molecule has 0 aliphatic carbocycles. The summed E-state index contributed by atoms with van der Waals surface area (Å²) in [6.45, 7) is 1.95. The number of aromatic hydroxyl groups is 1. The van der Waals surface area contributed by atoms with Crippen molar-refractivity contribution in [1.29, 1.82) is 0 Å². The summed E-state index contributed by atoms with van der Waals surface area (Å²) < 4.78 is 13.7. The van der Waals surface area contributed by atoms with Gasteiger partial charge in [0.1, 0.15) is 17.4 Å². The van der Waals surface area contributed by atoms with Crippen molar-refractivity contribution in [2.45, 2.75) is 6.92 Å². The Morgan fingerprint density at radius 3 is 2.67 bits per heavy atom. The minimum atomic E-state index is -0.280. The van der Waals surface area contributed by atoms with E-state index in [1.165, 1.54) is 12.1 Å². The number of hydrogen-bond donors (Lipinski definition) is 2. The molecule has 4 aromatic rings. The maximum absolute atomic E-state index is 13.1. The Labute approximate surface area is 163 Å². The van der Waals surface area contributed by atoms with E-state index in [9.17, 15) is 9.50 Å². The first-order valence-corrected chi connectivity index (χ1v) is 9.08. The summed E-state index contributed by atoms with van der Waals surface area (Å²) in [4.78, 5) is 12.2. The Bertz CT molecular complexity index is 1170. The largest absolute Gasteiger partial charge is 0.506 e. The van der Waals surface area contributed by atoms with Crippen LogP contribution in [0.3, 0.4) is 0 Å². The van der Waals surface area contributed by atoms with Crippen LogP contribution in [-0.2, 0) is 0 Å². The lowest BCUT2D eigenvalue weighted by Crippen LogP contribution is -1.86. The van der Waals surface area contributed by atoms with Crippen LogP contribution in [0.25, 0.3) is 22.4 Å². The molecule has 0 fully saturated rings. The molecule has 0 bridgehead atoms. The van der Waals surface area contributed by atoms with Crippen LogP contribution in [0.4, 0.5) is 10.1 Å². The van der Waals surface area contributed by atoms with Crippen molar-refractivity contribution in [2.24, 2.45) is 4.99 Å². The highest BCUT2D eigenvalue weighted by Crippen LogP contribution is 2.29. The van der Waals surface area contributed by atoms with E-state index in [0.717, 1.165) is 27.8 Å². The van der Waals surface area contributed by atoms with E-state index in [2.05, 4.69) is 30.9 Å². The summed E-state index contributed by atoms with van der Waals surface area (Å²) in [5.41, 5.74) is 4.83. The number of imidazole rings is 1. The number of aromatic amines is 1. The zero-order chi connectivity index (χ0) is 19.0. The number of H-pyrrole nitrogens is 1. The fraction of sp³-hybridized carbons (Fsp3) is 0.0476. The number of fused-ring (bicyclic) bond motifs is 1. The first kappa shape index (κ1) is 17.4. The predicted octanol–water partition coefficient (Wildman–Crippen LogP) is 5.90. The summed E-state index contributed by atoms with van der Waals surface area (Å²) in [7, 11) is 0. The molecule has 0 spiro atoms. The maximum Gasteiger partial charge on any atom is 0.138 e. The third-order valence-corrected chi connectivity index (χ3v) is 4.78. The Kier molecular flexibility index (Phi) is 4.49. The Morgan fingerprint density at radius 1 is 1.11 bits per heavy atom. The molecule has 0 aliphatic heterocycles. The lowest BCUT2D eigenvalue weighted by Gasteiger charge is -2.03. The predicted molar refractivity (Wildman–Crippen MR) is 109 cm³/mol. The number of aliphatic imine (C=N–C) groups is 1. The smallest absolute Gasteiger partial charge is 0.138 e. The maximum atomic E-state index is 13.1. The van der Waals surface area contributed by atoms with Gasteiger partial charge in [-0.2, -0.15) is 0 Å². The molecule has 0 aliphatic rings. The van der Waals surface area contributed by atoms with Gasteiger partial charge in [0.15, 0.2) is 0 Å². The van der Waals surface area contributed by atoms with E-state index in [0.29, 0.717) is 15.9 Å². The lowest BCUT2D eigenvalue weighted by molar-refractivity contribution is 0.471. The molecule has 4 nitrogen and oxygen atoms in total. The SMILES string of the molecule is Cc1cc(Br)c(O)c(C=Nc2ccc3nc(-c4ccc(F)cc4)[nH]c3c2)c1. The number of phenols is 1. The molecule has 0 unspecified atom stereocenters. The van der Waals surface area contributed by atoms with Crippen LogP contribution in [-0.4, -0.2) is 21.3 Å². The molecule has 4 rings (SSSR count). The monoisotopic (exact) mass is 423 g/mol. The Hall–Kier alpha value is -2.99. The quantitative estimate of drug-likeness (QED) is 0.403. The number of halogens is 2. The van der Waals surface area contributed by atoms with E-state index >= 15 is 0 Å². The second-order valence-corrected chi connectivity index (χ2v) is 7.09. The second kappa shape index (κ2) is 6.96. The normalized spacial score (nSPS) is 11.5. The fourth-order valence-corrected chi connectivity index (χ4v) is 3.42. The Balaban J connectivity index is 1.67. The third-order valence-electron chi connectivity index (χ3n) is 4.17. The van der Waals surface area contributed by atoms with Crippen LogP contribution in [0, 0.1) is 12.7 Å². The molecule has 0 saturated heterocycles. The minimum absolute atomic E-state index is 0.158. The number of phenolic OH excluding ortho intramolecular Hbond substituents is 1. The van der Waals surface area contributed by atoms with Crippen molar-refractivity contribution >= 4 is 38.9 Å². The van der Waals surface area contributed by atoms with Crippen LogP contribution in [0.2, 0.25) is 0 Å².